The number of rotatable bonds is 1. The number of nitriles is 1. The topological polar surface area (TPSA) is 54.0 Å². The summed E-state index contributed by atoms with van der Waals surface area (Å²) in [6, 6.07) is 10.9. The van der Waals surface area contributed by atoms with Gasteiger partial charge in [-0.3, -0.25) is 0 Å². The minimum absolute atomic E-state index is 0.351. The van der Waals surface area contributed by atoms with Gasteiger partial charge in [0.05, 0.1) is 11.1 Å². The van der Waals surface area contributed by atoms with Crippen LogP contribution in [-0.2, 0) is 0 Å². The van der Waals surface area contributed by atoms with Crippen molar-refractivity contribution in [3.05, 3.63) is 57.1 Å². The maximum atomic E-state index is 11.9. The summed E-state index contributed by atoms with van der Waals surface area (Å²) in [5, 5.41) is 13.5. The molecule has 0 bridgehead atoms. The maximum Gasteiger partial charge on any atom is 0.344 e. The van der Waals surface area contributed by atoms with Gasteiger partial charge in [-0.15, -0.1) is 0 Å². The number of nitrogens with zero attached hydrogens (tertiary/aromatic N) is 1. The Morgan fingerprint density at radius 2 is 2.17 bits per heavy atom. The van der Waals surface area contributed by atoms with E-state index < -0.39 is 5.63 Å². The number of benzene rings is 1. The Labute approximate surface area is 107 Å². The van der Waals surface area contributed by atoms with E-state index in [0.717, 1.165) is 10.9 Å². The highest BCUT2D eigenvalue weighted by Gasteiger charge is 2.10. The van der Waals surface area contributed by atoms with Crippen LogP contribution in [0, 0.1) is 11.3 Å². The molecule has 0 aliphatic heterocycles. The molecule has 0 radical (unpaired) electrons. The quantitative estimate of drug-likeness (QED) is 0.624. The van der Waals surface area contributed by atoms with Crippen LogP contribution >= 0.6 is 11.3 Å². The van der Waals surface area contributed by atoms with Crippen LogP contribution in [0.3, 0.4) is 0 Å². The molecule has 3 rings (SSSR count). The van der Waals surface area contributed by atoms with E-state index in [1.165, 1.54) is 11.3 Å². The van der Waals surface area contributed by atoms with Gasteiger partial charge >= 0.3 is 5.63 Å². The molecule has 0 amide bonds. The molecule has 18 heavy (non-hydrogen) atoms. The normalized spacial score (nSPS) is 10.4. The predicted molar refractivity (Wildman–Crippen MR) is 70.5 cm³/mol. The van der Waals surface area contributed by atoms with E-state index in [1.54, 1.807) is 18.2 Å². The lowest BCUT2D eigenvalue weighted by atomic mass is 10.1. The Hall–Kier alpha value is -2.38. The highest BCUT2D eigenvalue weighted by Crippen LogP contribution is 2.24. The van der Waals surface area contributed by atoms with E-state index in [1.807, 2.05) is 29.0 Å². The highest BCUT2D eigenvalue weighted by molar-refractivity contribution is 7.08. The first-order valence-electron chi connectivity index (χ1n) is 5.29. The molecule has 3 nitrogen and oxygen atoms in total. The molecular weight excluding hydrogens is 246 g/mol. The van der Waals surface area contributed by atoms with Crippen molar-refractivity contribution in [3.8, 4) is 17.2 Å². The summed E-state index contributed by atoms with van der Waals surface area (Å²) < 4.78 is 5.27. The van der Waals surface area contributed by atoms with Crippen molar-refractivity contribution >= 4 is 22.3 Å². The fraction of sp³-hybridized carbons (Fsp3) is 0. The molecule has 86 valence electrons. The van der Waals surface area contributed by atoms with Crippen LogP contribution in [0.5, 0.6) is 0 Å². The molecule has 4 heteroatoms. The summed E-state index contributed by atoms with van der Waals surface area (Å²) in [6.45, 7) is 0. The first kappa shape index (κ1) is 10.8. The number of thiophene rings is 1. The van der Waals surface area contributed by atoms with Crippen molar-refractivity contribution in [2.24, 2.45) is 0 Å². The lowest BCUT2D eigenvalue weighted by Gasteiger charge is -2.01. The molecule has 0 N–H and O–H groups in total. The molecule has 0 aliphatic rings. The zero-order chi connectivity index (χ0) is 12.5. The van der Waals surface area contributed by atoms with Crippen molar-refractivity contribution in [1.82, 2.24) is 0 Å². The fourth-order valence-corrected chi connectivity index (χ4v) is 2.51. The Balaban J connectivity index is 2.37. The minimum Gasteiger partial charge on any atom is -0.421 e. The molecule has 2 heterocycles. The summed E-state index contributed by atoms with van der Waals surface area (Å²) >= 11 is 1.52. The second kappa shape index (κ2) is 4.13. The third kappa shape index (κ3) is 1.62. The summed E-state index contributed by atoms with van der Waals surface area (Å²) in [5.74, 6) is 0. The third-order valence-electron chi connectivity index (χ3n) is 2.71. The summed E-state index contributed by atoms with van der Waals surface area (Å²) in [4.78, 5) is 11.9. The molecule has 2 aromatic heterocycles. The average molecular weight is 253 g/mol. The van der Waals surface area contributed by atoms with Crippen LogP contribution < -0.4 is 5.63 Å². The van der Waals surface area contributed by atoms with Gasteiger partial charge in [0.15, 0.2) is 5.58 Å². The third-order valence-corrected chi connectivity index (χ3v) is 3.40. The zero-order valence-corrected chi connectivity index (χ0v) is 10.0. The summed E-state index contributed by atoms with van der Waals surface area (Å²) in [6.07, 6.45) is 0. The van der Waals surface area contributed by atoms with Crippen LogP contribution in [0.2, 0.25) is 0 Å². The summed E-state index contributed by atoms with van der Waals surface area (Å²) in [5.41, 5.74) is 1.69. The van der Waals surface area contributed by atoms with E-state index in [0.29, 0.717) is 16.7 Å². The van der Waals surface area contributed by atoms with Crippen molar-refractivity contribution < 1.29 is 4.42 Å². The van der Waals surface area contributed by atoms with Gasteiger partial charge in [-0.25, -0.2) is 4.79 Å². The molecule has 1 aromatic carbocycles. The number of para-hydroxylation sites is 1. The van der Waals surface area contributed by atoms with Crippen LogP contribution in [0.1, 0.15) is 5.56 Å². The molecule has 0 aliphatic carbocycles. The van der Waals surface area contributed by atoms with Gasteiger partial charge < -0.3 is 4.42 Å². The van der Waals surface area contributed by atoms with E-state index in [4.69, 9.17) is 9.68 Å². The highest BCUT2D eigenvalue weighted by atomic mass is 32.1. The molecule has 0 saturated carbocycles. The number of hydrogen-bond acceptors (Lipinski definition) is 4. The van der Waals surface area contributed by atoms with E-state index >= 15 is 0 Å². The standard InChI is InChI=1S/C14H7NO2S/c15-7-10-3-1-2-9-6-12(11-4-5-18-8-11)14(16)17-13(9)10/h1-6,8H. The average Bonchev–Trinajstić information content (AvgIpc) is 2.91. The maximum absolute atomic E-state index is 11.9. The molecule has 0 saturated heterocycles. The minimum atomic E-state index is -0.413. The SMILES string of the molecule is N#Cc1cccc2cc(-c3ccsc3)c(=O)oc12. The van der Waals surface area contributed by atoms with E-state index in [9.17, 15) is 4.79 Å². The smallest absolute Gasteiger partial charge is 0.344 e. The van der Waals surface area contributed by atoms with Crippen molar-refractivity contribution in [2.45, 2.75) is 0 Å². The fourth-order valence-electron chi connectivity index (χ4n) is 1.85. The van der Waals surface area contributed by atoms with Crippen molar-refractivity contribution in [2.75, 3.05) is 0 Å². The second-order valence-electron chi connectivity index (χ2n) is 3.80. The van der Waals surface area contributed by atoms with Gasteiger partial charge in [0.25, 0.3) is 0 Å². The molecule has 3 aromatic rings. The lowest BCUT2D eigenvalue weighted by Crippen LogP contribution is -2.02. The Morgan fingerprint density at radius 1 is 1.28 bits per heavy atom. The molecule has 0 fully saturated rings. The van der Waals surface area contributed by atoms with Crippen LogP contribution in [0.15, 0.2) is 50.3 Å². The van der Waals surface area contributed by atoms with Crippen molar-refractivity contribution in [3.63, 3.8) is 0 Å². The first-order chi connectivity index (χ1) is 8.79. The van der Waals surface area contributed by atoms with E-state index in [-0.39, 0.29) is 0 Å². The Bertz CT molecular complexity index is 810. The molecular formula is C14H7NO2S. The van der Waals surface area contributed by atoms with Gasteiger partial charge in [0.2, 0.25) is 0 Å². The lowest BCUT2D eigenvalue weighted by molar-refractivity contribution is 0.562. The zero-order valence-electron chi connectivity index (χ0n) is 9.21. The van der Waals surface area contributed by atoms with Gasteiger partial charge in [-0.2, -0.15) is 16.6 Å². The summed E-state index contributed by atoms with van der Waals surface area (Å²) in [7, 11) is 0. The van der Waals surface area contributed by atoms with Gasteiger partial charge in [-0.1, -0.05) is 12.1 Å². The molecule has 0 spiro atoms. The monoisotopic (exact) mass is 253 g/mol. The van der Waals surface area contributed by atoms with Crippen molar-refractivity contribution in [1.29, 1.82) is 5.26 Å². The number of fused-ring (bicyclic) bond motifs is 1. The first-order valence-corrected chi connectivity index (χ1v) is 6.23. The van der Waals surface area contributed by atoms with Gasteiger partial charge in [-0.05, 0) is 34.5 Å². The molecule has 0 atom stereocenters. The van der Waals surface area contributed by atoms with Gasteiger partial charge in [0, 0.05) is 5.39 Å². The van der Waals surface area contributed by atoms with Crippen LogP contribution in [-0.4, -0.2) is 0 Å². The Kier molecular flexibility index (Phi) is 2.47. The van der Waals surface area contributed by atoms with E-state index in [2.05, 4.69) is 0 Å². The second-order valence-corrected chi connectivity index (χ2v) is 4.58. The van der Waals surface area contributed by atoms with Gasteiger partial charge in [0.1, 0.15) is 6.07 Å². The Morgan fingerprint density at radius 3 is 2.89 bits per heavy atom. The molecule has 0 unspecified atom stereocenters. The number of hydrogen-bond donors (Lipinski definition) is 0. The predicted octanol–water partition coefficient (Wildman–Crippen LogP) is 3.39. The van der Waals surface area contributed by atoms with Crippen LogP contribution in [0.25, 0.3) is 22.1 Å². The van der Waals surface area contributed by atoms with Crippen LogP contribution in [0.4, 0.5) is 0 Å². The largest absolute Gasteiger partial charge is 0.421 e.